The number of hydrogen-bond acceptors (Lipinski definition) is 5. The molecule has 74 heavy (non-hydrogen) atoms. The molecule has 0 spiro atoms. The second-order valence-corrected chi connectivity index (χ2v) is 20.9. The molecule has 0 saturated heterocycles. The van der Waals surface area contributed by atoms with Gasteiger partial charge in [0.05, 0.1) is 42.6 Å². The SMILES string of the molecule is CCCCCCCCCCCCOc1cc(C2=Cc3cc4ccc(cc5ccc(cc6nc(cc2n3)C=C6)[nH]5)[nH]4)cc(OCCCCCCCCCCCC)c1OCCCCCCCCCCCC.c1cc[nH]c1. The summed E-state index contributed by atoms with van der Waals surface area (Å²) in [7, 11) is 0. The first-order chi connectivity index (χ1) is 36.6. The summed E-state index contributed by atoms with van der Waals surface area (Å²) in [5.41, 5.74) is 9.58. The fraction of sp³-hybridized carbons (Fsp3) is 0.545. The predicted octanol–water partition coefficient (Wildman–Crippen LogP) is 20.0. The average Bonchev–Trinajstić information content (AvgIpc) is 4.29. The van der Waals surface area contributed by atoms with Crippen LogP contribution in [0.3, 0.4) is 0 Å². The molecule has 0 amide bonds. The molecular weight excluding hydrogens is 911 g/mol. The number of fused-ring (bicyclic) bond motifs is 8. The van der Waals surface area contributed by atoms with Gasteiger partial charge in [-0.1, -0.05) is 194 Å². The van der Waals surface area contributed by atoms with E-state index in [1.54, 1.807) is 0 Å². The summed E-state index contributed by atoms with van der Waals surface area (Å²) in [6.45, 7) is 8.82. The Kier molecular flexibility index (Phi) is 27.8. The van der Waals surface area contributed by atoms with Crippen molar-refractivity contribution >= 4 is 45.9 Å². The predicted molar refractivity (Wildman–Crippen MR) is 316 cm³/mol. The maximum Gasteiger partial charge on any atom is 0.203 e. The largest absolute Gasteiger partial charge is 0.490 e. The summed E-state index contributed by atoms with van der Waals surface area (Å²) in [6.07, 6.45) is 48.8. The standard InChI is InChI=1S/C62H90N4O3.C4H5N/c1-4-7-10-13-16-19-22-25-28-31-40-67-60-43-50(58-48-57-47-55-37-36-53(64-55)45-51-34-35-52(63-51)46-54-38-39-56(65-54)49-59(58)66-57)44-61(68-41-32-29-26-23-20-17-14-11-8-5-2)62(60)69-42-33-30-27-24-21-18-15-12-9-6-3;1-2-4-5-3-1/h34-39,43-49,63-64H,4-33,40-42H2,1-3H3;1-5H. The maximum absolute atomic E-state index is 6.82. The van der Waals surface area contributed by atoms with Gasteiger partial charge in [0.1, 0.15) is 0 Å². The zero-order chi connectivity index (χ0) is 51.5. The summed E-state index contributed by atoms with van der Waals surface area (Å²) < 4.78 is 20.4. The summed E-state index contributed by atoms with van der Waals surface area (Å²) in [4.78, 5) is 20.2. The van der Waals surface area contributed by atoms with Crippen LogP contribution in [0.2, 0.25) is 0 Å². The fourth-order valence-electron chi connectivity index (χ4n) is 9.92. The smallest absolute Gasteiger partial charge is 0.203 e. The van der Waals surface area contributed by atoms with Crippen molar-refractivity contribution in [1.29, 1.82) is 0 Å². The number of H-pyrrole nitrogens is 3. The highest BCUT2D eigenvalue weighted by atomic mass is 16.5. The summed E-state index contributed by atoms with van der Waals surface area (Å²) in [5, 5.41) is 0. The minimum Gasteiger partial charge on any atom is -0.490 e. The molecule has 0 saturated carbocycles. The molecular formula is C66H95N5O3. The molecule has 2 aliphatic rings. The van der Waals surface area contributed by atoms with Gasteiger partial charge in [-0.15, -0.1) is 0 Å². The van der Waals surface area contributed by atoms with Crippen LogP contribution in [0.15, 0.2) is 85.2 Å². The molecule has 0 unspecified atom stereocenters. The number of unbranched alkanes of at least 4 members (excludes halogenated alkanes) is 27. The number of benzene rings is 1. The normalized spacial score (nSPS) is 11.9. The second kappa shape index (κ2) is 35.7. The Labute approximate surface area is 447 Å². The van der Waals surface area contributed by atoms with Gasteiger partial charge in [-0.25, -0.2) is 9.97 Å². The van der Waals surface area contributed by atoms with Crippen LogP contribution in [0, 0.1) is 0 Å². The van der Waals surface area contributed by atoms with E-state index < -0.39 is 0 Å². The van der Waals surface area contributed by atoms with Crippen molar-refractivity contribution in [3.8, 4) is 17.2 Å². The highest BCUT2D eigenvalue weighted by Crippen LogP contribution is 2.43. The summed E-state index contributed by atoms with van der Waals surface area (Å²) >= 11 is 0. The lowest BCUT2D eigenvalue weighted by molar-refractivity contribution is 0.234. The van der Waals surface area contributed by atoms with E-state index in [1.165, 1.54) is 173 Å². The lowest BCUT2D eigenvalue weighted by Crippen LogP contribution is -2.07. The van der Waals surface area contributed by atoms with Crippen LogP contribution in [-0.2, 0) is 0 Å². The molecule has 5 aromatic rings. The Morgan fingerprint density at radius 1 is 0.378 bits per heavy atom. The molecule has 402 valence electrons. The molecule has 0 fully saturated rings. The lowest BCUT2D eigenvalue weighted by Gasteiger charge is -2.19. The summed E-state index contributed by atoms with van der Waals surface area (Å²) in [5.74, 6) is 2.28. The van der Waals surface area contributed by atoms with Crippen LogP contribution in [0.25, 0.3) is 45.9 Å². The van der Waals surface area contributed by atoms with Gasteiger partial charge in [-0.05, 0) is 116 Å². The van der Waals surface area contributed by atoms with Gasteiger partial charge in [0, 0.05) is 40.0 Å². The van der Waals surface area contributed by atoms with Gasteiger partial charge in [0.2, 0.25) is 5.75 Å². The Morgan fingerprint density at radius 2 is 0.757 bits per heavy atom. The summed E-state index contributed by atoms with van der Waals surface area (Å²) in [6, 6.07) is 25.1. The van der Waals surface area contributed by atoms with E-state index >= 15 is 0 Å². The molecule has 3 N–H and O–H groups in total. The second-order valence-electron chi connectivity index (χ2n) is 20.9. The molecule has 4 aromatic heterocycles. The van der Waals surface area contributed by atoms with Crippen LogP contribution in [0.1, 0.15) is 242 Å². The van der Waals surface area contributed by atoms with Crippen LogP contribution >= 0.6 is 0 Å². The van der Waals surface area contributed by atoms with Crippen LogP contribution in [0.4, 0.5) is 0 Å². The van der Waals surface area contributed by atoms with Gasteiger partial charge < -0.3 is 29.2 Å². The lowest BCUT2D eigenvalue weighted by atomic mass is 10.0. The van der Waals surface area contributed by atoms with Crippen molar-refractivity contribution in [2.75, 3.05) is 19.8 Å². The van der Waals surface area contributed by atoms with Gasteiger partial charge in [0.25, 0.3) is 0 Å². The quantitative estimate of drug-likeness (QED) is 0.0337. The molecule has 0 radical (unpaired) electrons. The van der Waals surface area contributed by atoms with Crippen LogP contribution < -0.4 is 14.2 Å². The average molecular weight is 1010 g/mol. The van der Waals surface area contributed by atoms with Crippen molar-refractivity contribution in [2.45, 2.75) is 213 Å². The molecule has 8 bridgehead atoms. The highest BCUT2D eigenvalue weighted by Gasteiger charge is 2.21. The first kappa shape index (κ1) is 57.8. The number of aromatic nitrogens is 5. The Hall–Kier alpha value is -5.50. The third-order valence-electron chi connectivity index (χ3n) is 14.2. The van der Waals surface area contributed by atoms with Crippen LogP contribution in [-0.4, -0.2) is 44.7 Å². The number of rotatable bonds is 37. The minimum atomic E-state index is 0.648. The van der Waals surface area contributed by atoms with E-state index in [-0.39, 0.29) is 0 Å². The molecule has 0 atom stereocenters. The van der Waals surface area contributed by atoms with Crippen molar-refractivity contribution in [2.24, 2.45) is 0 Å². The minimum absolute atomic E-state index is 0.648. The Morgan fingerprint density at radius 3 is 1.18 bits per heavy atom. The number of nitrogens with one attached hydrogen (secondary N) is 3. The maximum atomic E-state index is 6.82. The molecule has 8 heteroatoms. The van der Waals surface area contributed by atoms with Crippen molar-refractivity contribution in [3.63, 3.8) is 0 Å². The van der Waals surface area contributed by atoms with E-state index in [4.69, 9.17) is 24.2 Å². The van der Waals surface area contributed by atoms with Gasteiger partial charge in [-0.2, -0.15) is 0 Å². The topological polar surface area (TPSA) is 101 Å². The van der Waals surface area contributed by atoms with E-state index in [2.05, 4.69) is 115 Å². The number of hydrogen-bond donors (Lipinski definition) is 3. The Balaban J connectivity index is 0.00000168. The first-order valence-corrected chi connectivity index (χ1v) is 29.8. The number of nitrogens with zero attached hydrogens (tertiary/aromatic N) is 2. The zero-order valence-corrected chi connectivity index (χ0v) is 46.3. The number of aromatic amines is 3. The number of ether oxygens (including phenoxy) is 3. The van der Waals surface area contributed by atoms with Crippen molar-refractivity contribution in [1.82, 2.24) is 24.9 Å². The molecule has 1 aromatic carbocycles. The van der Waals surface area contributed by atoms with Gasteiger partial charge >= 0.3 is 0 Å². The van der Waals surface area contributed by atoms with Crippen LogP contribution in [0.5, 0.6) is 17.2 Å². The Bertz CT molecular complexity index is 2430. The van der Waals surface area contributed by atoms with E-state index in [9.17, 15) is 0 Å². The van der Waals surface area contributed by atoms with E-state index in [0.717, 1.165) is 92.5 Å². The molecule has 6 heterocycles. The molecule has 7 rings (SSSR count). The van der Waals surface area contributed by atoms with E-state index in [0.29, 0.717) is 19.8 Å². The van der Waals surface area contributed by atoms with Gasteiger partial charge in [-0.3, -0.25) is 0 Å². The third kappa shape index (κ3) is 22.1. The van der Waals surface area contributed by atoms with Gasteiger partial charge in [0.15, 0.2) is 11.5 Å². The monoisotopic (exact) mass is 1010 g/mol. The van der Waals surface area contributed by atoms with Crippen molar-refractivity contribution < 1.29 is 14.2 Å². The zero-order valence-electron chi connectivity index (χ0n) is 46.3. The molecule has 2 aliphatic heterocycles. The third-order valence-corrected chi connectivity index (χ3v) is 14.2. The van der Waals surface area contributed by atoms with E-state index in [1.807, 2.05) is 24.5 Å². The molecule has 8 nitrogen and oxygen atoms in total. The van der Waals surface area contributed by atoms with Crippen molar-refractivity contribution in [3.05, 3.63) is 114 Å². The fourth-order valence-corrected chi connectivity index (χ4v) is 9.92. The first-order valence-electron chi connectivity index (χ1n) is 29.8. The molecule has 0 aliphatic carbocycles. The highest BCUT2D eigenvalue weighted by molar-refractivity contribution is 5.94.